The molecule has 634 valence electrons. The van der Waals surface area contributed by atoms with Crippen LogP contribution in [0.15, 0.2) is 364 Å². The van der Waals surface area contributed by atoms with Crippen molar-refractivity contribution in [1.29, 1.82) is 0 Å². The van der Waals surface area contributed by atoms with E-state index >= 15 is 35.1 Å². The lowest BCUT2D eigenvalue weighted by atomic mass is 9.91. The minimum atomic E-state index is -4.88. The van der Waals surface area contributed by atoms with Crippen molar-refractivity contribution in [2.24, 2.45) is 0 Å². The van der Waals surface area contributed by atoms with Gasteiger partial charge in [-0.05, 0) is 194 Å². The van der Waals surface area contributed by atoms with E-state index in [1.54, 1.807) is 149 Å². The summed E-state index contributed by atoms with van der Waals surface area (Å²) in [5, 5.41) is 8.18. The summed E-state index contributed by atoms with van der Waals surface area (Å²) in [4.78, 5) is 6.29. The maximum absolute atomic E-state index is 16.7. The Bertz CT molecular complexity index is 7490. The van der Waals surface area contributed by atoms with Crippen molar-refractivity contribution in [3.8, 4) is 44.5 Å². The van der Waals surface area contributed by atoms with Gasteiger partial charge in [-0.3, -0.25) is 0 Å². The Hall–Kier alpha value is -15.5. The Labute approximate surface area is 726 Å². The molecular weight excluding hydrogens is 1680 g/mol. The van der Waals surface area contributed by atoms with Gasteiger partial charge in [0.2, 0.25) is 0 Å². The highest BCUT2D eigenvalue weighted by molar-refractivity contribution is 6.30. The van der Waals surface area contributed by atoms with E-state index in [9.17, 15) is 39.5 Å². The average molecular weight is 1740 g/mol. The molecule has 0 heterocycles. The van der Waals surface area contributed by atoms with Gasteiger partial charge in [0, 0.05) is 90.8 Å². The molecule has 0 bridgehead atoms. The molecule has 21 heteroatoms. The highest BCUT2D eigenvalue weighted by atomic mass is 19.4. The van der Waals surface area contributed by atoms with Crippen LogP contribution in [0.1, 0.15) is 22.3 Å². The van der Waals surface area contributed by atoms with Crippen LogP contribution in [0, 0.1) is 53.5 Å². The monoisotopic (exact) mass is 1740 g/mol. The minimum Gasteiger partial charge on any atom is -0.307 e. The van der Waals surface area contributed by atoms with E-state index in [0.717, 1.165) is 99.2 Å². The number of aryl methyl sites for hydroxylation is 1. The number of nitrogens with zero attached hydrogens (tertiary/aromatic N) is 4. The van der Waals surface area contributed by atoms with Crippen molar-refractivity contribution in [1.82, 2.24) is 0 Å². The Kier molecular flexibility index (Phi) is 21.1. The van der Waals surface area contributed by atoms with Gasteiger partial charge in [0.1, 0.15) is 23.3 Å². The van der Waals surface area contributed by atoms with Gasteiger partial charge < -0.3 is 19.6 Å². The van der Waals surface area contributed by atoms with Crippen LogP contribution in [0.25, 0.3) is 109 Å². The fraction of sp³-hybridized carbons (Fsp3) is 0.0370. The van der Waals surface area contributed by atoms with Gasteiger partial charge in [-0.2, -0.15) is 39.5 Å². The van der Waals surface area contributed by atoms with E-state index in [1.807, 2.05) is 110 Å². The number of anilines is 12. The molecule has 0 atom stereocenters. The van der Waals surface area contributed by atoms with Crippen molar-refractivity contribution < 1.29 is 74.6 Å². The molecule has 20 aromatic rings. The second kappa shape index (κ2) is 32.8. The summed E-state index contributed by atoms with van der Waals surface area (Å²) >= 11 is 0. The summed E-state index contributed by atoms with van der Waals surface area (Å²) in [5.74, 6) is -7.88. The van der Waals surface area contributed by atoms with Gasteiger partial charge in [-0.15, -0.1) is 0 Å². The minimum absolute atomic E-state index is 0.0272. The summed E-state index contributed by atoms with van der Waals surface area (Å²) in [6.07, 6.45) is -14.5. The molecule has 4 nitrogen and oxygen atoms in total. The van der Waals surface area contributed by atoms with Gasteiger partial charge in [-0.1, -0.05) is 224 Å². The summed E-state index contributed by atoms with van der Waals surface area (Å²) in [6, 6.07) is 92.0. The molecule has 0 N–H and O–H groups in total. The first-order valence-corrected chi connectivity index (χ1v) is 40.5. The third kappa shape index (κ3) is 15.2. The number of hydrogen-bond acceptors (Lipinski definition) is 4. The molecule has 0 aromatic heterocycles. The lowest BCUT2D eigenvalue weighted by molar-refractivity contribution is -0.138. The fourth-order valence-corrected chi connectivity index (χ4v) is 17.8. The normalized spacial score (nSPS) is 12.0. The molecule has 20 aromatic carbocycles. The van der Waals surface area contributed by atoms with E-state index in [0.29, 0.717) is 106 Å². The summed E-state index contributed by atoms with van der Waals surface area (Å²) in [6.45, 7) is 1.92. The fourth-order valence-electron chi connectivity index (χ4n) is 17.8. The zero-order valence-electron chi connectivity index (χ0n) is 67.4. The van der Waals surface area contributed by atoms with Crippen molar-refractivity contribution in [2.75, 3.05) is 19.6 Å². The maximum Gasteiger partial charge on any atom is 0.417 e. The van der Waals surface area contributed by atoms with Gasteiger partial charge in [0.05, 0.1) is 62.2 Å². The lowest BCUT2D eigenvalue weighted by Crippen LogP contribution is -2.16. The maximum atomic E-state index is 16.7. The van der Waals surface area contributed by atoms with Crippen molar-refractivity contribution in [2.45, 2.75) is 25.5 Å². The van der Waals surface area contributed by atoms with E-state index in [2.05, 4.69) is 0 Å². The van der Waals surface area contributed by atoms with Crippen LogP contribution in [-0.4, -0.2) is 0 Å². The summed E-state index contributed by atoms with van der Waals surface area (Å²) in [7, 11) is 0. The Morgan fingerprint density at radius 1 is 0.209 bits per heavy atom. The molecule has 0 aliphatic rings. The first kappa shape index (κ1) is 83.1. The van der Waals surface area contributed by atoms with Crippen LogP contribution in [0.3, 0.4) is 0 Å². The van der Waals surface area contributed by atoms with E-state index in [-0.39, 0.29) is 45.0 Å². The third-order valence-corrected chi connectivity index (χ3v) is 23.1. The topological polar surface area (TPSA) is 13.0 Å². The SMILES string of the molecule is Cc1cccc(-c2cc(F)cc(F)c2N(c2ccccc2)c2ccc3ccc4c(N(c5ccccc5)c5c(F)cc(F)cc5-c5cccc(C(F)(F)F)c5)ccc5ccc2c3c54)c1.Fc1cc(F)c(N(c2ccccc2)c2ccc3ccc4c(N(c5ccccc5)c5c(F)cc(F)cc5-c5ccccc5C(F)(F)F)ccc5ccc2c3c54)c(-c2ccccc2C(F)(F)F)c1. The van der Waals surface area contributed by atoms with Crippen molar-refractivity contribution >= 4 is 133 Å². The second-order valence-corrected chi connectivity index (χ2v) is 31.0. The number of rotatable bonds is 16. The third-order valence-electron chi connectivity index (χ3n) is 23.1. The van der Waals surface area contributed by atoms with E-state index in [1.165, 1.54) is 52.3 Å². The zero-order chi connectivity index (χ0) is 89.6. The Balaban J connectivity index is 0.000000168. The lowest BCUT2D eigenvalue weighted by Gasteiger charge is -2.31. The van der Waals surface area contributed by atoms with Gasteiger partial charge in [0.25, 0.3) is 0 Å². The van der Waals surface area contributed by atoms with Crippen molar-refractivity contribution in [3.63, 3.8) is 0 Å². The van der Waals surface area contributed by atoms with Gasteiger partial charge >= 0.3 is 18.5 Å². The number of para-hydroxylation sites is 4. The molecule has 129 heavy (non-hydrogen) atoms. The standard InChI is InChI=1S/C54H30F10N2.C54H33F7N2/c55-33-27-41(37-15-7-9-17-43(37)53(59,60)61)51(45(57)29-33)65(35-11-3-1-4-12-35)47-25-21-31-20-24-40-48(26-22-32-19-23-39(47)49(31)50(32)40)66(36-13-5-2-6-14-36)52-42(28-34(56)30-46(52)58)38-16-8-10-18-44(38)54(62,63)64;1-32-10-8-11-35(26-32)44-28-38(55)30-46(57)52(44)62(40-14-4-2-5-15-40)48-24-20-33-19-23-43-49(25-21-34-18-22-42(48)50(33)51(34)43)63(41-16-6-3-7-17-41)53-45(29-39(56)31-47(53)58)36-12-9-13-37(27-36)54(59,60)61/h1-30H;2-31H,1H3. The molecular formula is C108H63F17N4. The summed E-state index contributed by atoms with van der Waals surface area (Å²) in [5.41, 5.74) is -0.277. The molecule has 0 spiro atoms. The summed E-state index contributed by atoms with van der Waals surface area (Å²) < 4.78 is 257. The van der Waals surface area contributed by atoms with Crippen LogP contribution < -0.4 is 19.6 Å². The van der Waals surface area contributed by atoms with Crippen LogP contribution in [0.5, 0.6) is 0 Å². The molecule has 0 amide bonds. The molecule has 0 unspecified atom stereocenters. The number of halogens is 17. The molecule has 0 aliphatic heterocycles. The van der Waals surface area contributed by atoms with Crippen LogP contribution in [0.4, 0.5) is 143 Å². The quantitative estimate of drug-likeness (QED) is 0.0706. The molecule has 0 saturated heterocycles. The van der Waals surface area contributed by atoms with Crippen LogP contribution >= 0.6 is 0 Å². The highest BCUT2D eigenvalue weighted by Crippen LogP contribution is 2.57. The predicted molar refractivity (Wildman–Crippen MR) is 480 cm³/mol. The van der Waals surface area contributed by atoms with Gasteiger partial charge in [-0.25, -0.2) is 35.1 Å². The molecule has 0 radical (unpaired) electrons. The molecule has 0 saturated carbocycles. The first-order chi connectivity index (χ1) is 62.1. The molecule has 0 aliphatic carbocycles. The molecule has 0 fully saturated rings. The number of alkyl halides is 9. The molecule has 20 rings (SSSR count). The number of benzene rings is 20. The van der Waals surface area contributed by atoms with Crippen LogP contribution in [0.2, 0.25) is 0 Å². The average Bonchev–Trinajstić information content (AvgIpc) is 0.716. The Morgan fingerprint density at radius 3 is 0.767 bits per heavy atom. The van der Waals surface area contributed by atoms with E-state index in [4.69, 9.17) is 0 Å². The Morgan fingerprint density at radius 2 is 0.473 bits per heavy atom. The zero-order valence-corrected chi connectivity index (χ0v) is 67.4. The highest BCUT2D eigenvalue weighted by Gasteiger charge is 2.39. The second-order valence-electron chi connectivity index (χ2n) is 31.0. The smallest absolute Gasteiger partial charge is 0.307 e. The van der Waals surface area contributed by atoms with Gasteiger partial charge in [0.15, 0.2) is 23.3 Å². The largest absolute Gasteiger partial charge is 0.417 e. The van der Waals surface area contributed by atoms with E-state index < -0.39 is 92.9 Å². The first-order valence-electron chi connectivity index (χ1n) is 40.5. The van der Waals surface area contributed by atoms with Crippen LogP contribution in [-0.2, 0) is 18.5 Å². The van der Waals surface area contributed by atoms with Crippen molar-refractivity contribution in [3.05, 3.63) is 433 Å². The predicted octanol–water partition coefficient (Wildman–Crippen LogP) is 34.2. The number of hydrogen-bond donors (Lipinski definition) is 0.